The molecule has 1 unspecified atom stereocenters. The monoisotopic (exact) mass is 438 g/mol. The number of piperidine rings is 1. The van der Waals surface area contributed by atoms with E-state index in [4.69, 9.17) is 9.72 Å². The summed E-state index contributed by atoms with van der Waals surface area (Å²) in [6.45, 7) is 9.11. The number of hydrogen-bond acceptors (Lipinski definition) is 4. The van der Waals surface area contributed by atoms with Gasteiger partial charge in [-0.1, -0.05) is 13.8 Å². The summed E-state index contributed by atoms with van der Waals surface area (Å²) in [5, 5.41) is 0. The molecule has 1 amide bonds. The fourth-order valence-electron chi connectivity index (χ4n) is 4.30. The molecule has 4 heterocycles. The minimum Gasteiger partial charge on any atom is -0.491 e. The summed E-state index contributed by atoms with van der Waals surface area (Å²) in [5.74, 6) is 0.513. The maximum absolute atomic E-state index is 13.8. The number of imidazole rings is 1. The van der Waals surface area contributed by atoms with Gasteiger partial charge in [0.2, 0.25) is 0 Å². The van der Waals surface area contributed by atoms with Crippen molar-refractivity contribution in [2.75, 3.05) is 13.2 Å². The second-order valence-electron chi connectivity index (χ2n) is 9.16. The Morgan fingerprint density at radius 3 is 2.81 bits per heavy atom. The molecule has 1 fully saturated rings. The van der Waals surface area contributed by atoms with Crippen LogP contribution < -0.4 is 4.74 Å². The van der Waals surface area contributed by atoms with Gasteiger partial charge in [-0.15, -0.1) is 0 Å². The molecule has 1 aliphatic rings. The number of nitrogens with zero attached hydrogens (tertiary/aromatic N) is 4. The number of amides is 1. The highest BCUT2D eigenvalue weighted by Crippen LogP contribution is 2.26. The van der Waals surface area contributed by atoms with Crippen LogP contribution in [0.3, 0.4) is 0 Å². The number of aryl methyl sites for hydroxylation is 2. The van der Waals surface area contributed by atoms with E-state index in [0.717, 1.165) is 41.9 Å². The van der Waals surface area contributed by atoms with Crippen molar-refractivity contribution in [2.45, 2.75) is 59.4 Å². The normalized spacial score (nSPS) is 16.7. The number of carbonyl (C=O) groups is 1. The Hall–Kier alpha value is -2.96. The number of halogens is 1. The molecule has 7 heteroatoms. The zero-order valence-electron chi connectivity index (χ0n) is 19.3. The molecule has 0 spiro atoms. The van der Waals surface area contributed by atoms with Crippen LogP contribution in [0.25, 0.3) is 5.65 Å². The number of fused-ring (bicyclic) bond motifs is 1. The van der Waals surface area contributed by atoms with Crippen LogP contribution in [0.2, 0.25) is 0 Å². The standard InChI is InChI=1S/C25H31FN4O2/c1-16(2)15-32-22-9-8-18(4)27-23(22)25(31)30-10-6-5-7-21(30)12-20-14-29-13-19(26)11-17(3)24(29)28-20/h8-9,11,13-14,16,21H,5-7,10,12,15H2,1-4H3. The summed E-state index contributed by atoms with van der Waals surface area (Å²) in [6, 6.07) is 5.23. The van der Waals surface area contributed by atoms with Crippen LogP contribution in [-0.2, 0) is 6.42 Å². The topological polar surface area (TPSA) is 59.7 Å². The Kier molecular flexibility index (Phi) is 6.44. The number of aromatic nitrogens is 3. The number of likely N-dealkylation sites (tertiary alicyclic amines) is 1. The first-order chi connectivity index (χ1) is 15.3. The van der Waals surface area contributed by atoms with Crippen LogP contribution in [0.5, 0.6) is 5.75 Å². The third-order valence-corrected chi connectivity index (χ3v) is 5.86. The molecular formula is C25H31FN4O2. The Bertz CT molecular complexity index is 1120. The first-order valence-electron chi connectivity index (χ1n) is 11.4. The van der Waals surface area contributed by atoms with E-state index >= 15 is 0 Å². The molecular weight excluding hydrogens is 407 g/mol. The van der Waals surface area contributed by atoms with Crippen molar-refractivity contribution in [3.63, 3.8) is 0 Å². The Morgan fingerprint density at radius 1 is 1.22 bits per heavy atom. The van der Waals surface area contributed by atoms with Crippen molar-refractivity contribution in [3.05, 3.63) is 59.1 Å². The number of carbonyl (C=O) groups excluding carboxylic acids is 1. The van der Waals surface area contributed by atoms with Gasteiger partial charge in [0.1, 0.15) is 11.5 Å². The number of hydrogen-bond donors (Lipinski definition) is 0. The second-order valence-corrected chi connectivity index (χ2v) is 9.16. The van der Waals surface area contributed by atoms with Gasteiger partial charge >= 0.3 is 0 Å². The molecule has 1 atom stereocenters. The average molecular weight is 439 g/mol. The molecule has 3 aromatic heterocycles. The van der Waals surface area contributed by atoms with E-state index in [9.17, 15) is 9.18 Å². The van der Waals surface area contributed by atoms with Gasteiger partial charge in [-0.3, -0.25) is 4.79 Å². The van der Waals surface area contributed by atoms with Gasteiger partial charge in [0.05, 0.1) is 12.3 Å². The molecule has 0 radical (unpaired) electrons. The zero-order chi connectivity index (χ0) is 22.8. The highest BCUT2D eigenvalue weighted by molar-refractivity contribution is 5.95. The molecule has 170 valence electrons. The maximum atomic E-state index is 13.8. The largest absolute Gasteiger partial charge is 0.491 e. The van der Waals surface area contributed by atoms with Crippen LogP contribution in [0.15, 0.2) is 30.6 Å². The highest BCUT2D eigenvalue weighted by atomic mass is 19.1. The van der Waals surface area contributed by atoms with Crippen molar-refractivity contribution in [3.8, 4) is 5.75 Å². The van der Waals surface area contributed by atoms with E-state index in [1.165, 1.54) is 12.3 Å². The van der Waals surface area contributed by atoms with Crippen LogP contribution in [0.4, 0.5) is 4.39 Å². The van der Waals surface area contributed by atoms with Gasteiger partial charge in [0.15, 0.2) is 11.4 Å². The Morgan fingerprint density at radius 2 is 2.03 bits per heavy atom. The molecule has 0 aliphatic carbocycles. The SMILES string of the molecule is Cc1ccc(OCC(C)C)c(C(=O)N2CCCCC2Cc2cn3cc(F)cc(C)c3n2)n1. The lowest BCUT2D eigenvalue weighted by molar-refractivity contribution is 0.0600. The number of rotatable bonds is 6. The van der Waals surface area contributed by atoms with Gasteiger partial charge < -0.3 is 14.0 Å². The minimum absolute atomic E-state index is 0.0200. The van der Waals surface area contributed by atoms with Gasteiger partial charge in [-0.25, -0.2) is 14.4 Å². The number of ether oxygens (including phenoxy) is 1. The molecule has 32 heavy (non-hydrogen) atoms. The molecule has 0 bridgehead atoms. The van der Waals surface area contributed by atoms with E-state index < -0.39 is 0 Å². The highest BCUT2D eigenvalue weighted by Gasteiger charge is 2.31. The van der Waals surface area contributed by atoms with Gasteiger partial charge in [0.25, 0.3) is 5.91 Å². The fraction of sp³-hybridized carbons (Fsp3) is 0.480. The zero-order valence-corrected chi connectivity index (χ0v) is 19.3. The van der Waals surface area contributed by atoms with Crippen LogP contribution in [-0.4, -0.2) is 44.4 Å². The maximum Gasteiger partial charge on any atom is 0.276 e. The van der Waals surface area contributed by atoms with E-state index in [1.807, 2.05) is 37.1 Å². The molecule has 1 saturated heterocycles. The summed E-state index contributed by atoms with van der Waals surface area (Å²) < 4.78 is 21.4. The molecule has 6 nitrogen and oxygen atoms in total. The summed E-state index contributed by atoms with van der Waals surface area (Å²) in [7, 11) is 0. The quantitative estimate of drug-likeness (QED) is 0.557. The summed E-state index contributed by atoms with van der Waals surface area (Å²) in [4.78, 5) is 24.8. The minimum atomic E-state index is -0.284. The van der Waals surface area contributed by atoms with E-state index in [2.05, 4.69) is 18.8 Å². The van der Waals surface area contributed by atoms with Gasteiger partial charge in [-0.2, -0.15) is 0 Å². The molecule has 4 rings (SSSR count). The summed E-state index contributed by atoms with van der Waals surface area (Å²) in [5.41, 5.74) is 3.57. The van der Waals surface area contributed by atoms with E-state index in [1.54, 1.807) is 4.40 Å². The lowest BCUT2D eigenvalue weighted by atomic mass is 9.97. The van der Waals surface area contributed by atoms with E-state index in [-0.39, 0.29) is 17.8 Å². The van der Waals surface area contributed by atoms with Gasteiger partial charge in [0, 0.05) is 37.1 Å². The molecule has 0 saturated carbocycles. The number of pyridine rings is 2. The second kappa shape index (κ2) is 9.27. The lowest BCUT2D eigenvalue weighted by Gasteiger charge is -2.35. The molecule has 3 aromatic rings. The van der Waals surface area contributed by atoms with Gasteiger partial charge in [-0.05, 0) is 62.8 Å². The predicted octanol–water partition coefficient (Wildman–Crippen LogP) is 4.76. The van der Waals surface area contributed by atoms with Crippen molar-refractivity contribution in [1.82, 2.24) is 19.3 Å². The Labute approximate surface area is 188 Å². The summed E-state index contributed by atoms with van der Waals surface area (Å²) >= 11 is 0. The van der Waals surface area contributed by atoms with Crippen LogP contribution in [0, 0.1) is 25.6 Å². The molecule has 1 aliphatic heterocycles. The fourth-order valence-corrected chi connectivity index (χ4v) is 4.30. The summed E-state index contributed by atoms with van der Waals surface area (Å²) in [6.07, 6.45) is 6.87. The van der Waals surface area contributed by atoms with Crippen molar-refractivity contribution in [1.29, 1.82) is 0 Å². The molecule has 0 aromatic carbocycles. The first kappa shape index (κ1) is 22.2. The first-order valence-corrected chi connectivity index (χ1v) is 11.4. The van der Waals surface area contributed by atoms with E-state index in [0.29, 0.717) is 36.9 Å². The van der Waals surface area contributed by atoms with Crippen LogP contribution in [0.1, 0.15) is 60.5 Å². The Balaban J connectivity index is 1.59. The third kappa shape index (κ3) is 4.76. The van der Waals surface area contributed by atoms with Crippen molar-refractivity contribution >= 4 is 11.6 Å². The van der Waals surface area contributed by atoms with Crippen molar-refractivity contribution in [2.24, 2.45) is 5.92 Å². The average Bonchev–Trinajstić information content (AvgIpc) is 3.15. The third-order valence-electron chi connectivity index (χ3n) is 5.86. The van der Waals surface area contributed by atoms with Crippen molar-refractivity contribution < 1.29 is 13.9 Å². The smallest absolute Gasteiger partial charge is 0.276 e. The predicted molar refractivity (Wildman–Crippen MR) is 122 cm³/mol. The lowest BCUT2D eigenvalue weighted by Crippen LogP contribution is -2.45. The molecule has 0 N–H and O–H groups in total. The van der Waals surface area contributed by atoms with Crippen LogP contribution >= 0.6 is 0 Å².